The van der Waals surface area contributed by atoms with Gasteiger partial charge < -0.3 is 34.6 Å². The van der Waals surface area contributed by atoms with Crippen LogP contribution in [0.2, 0.25) is 0 Å². The molecule has 0 bridgehead atoms. The summed E-state index contributed by atoms with van der Waals surface area (Å²) >= 11 is 0. The summed E-state index contributed by atoms with van der Waals surface area (Å²) in [6.45, 7) is 5.12. The quantitative estimate of drug-likeness (QED) is 0.277. The van der Waals surface area contributed by atoms with Gasteiger partial charge in [0.2, 0.25) is 6.29 Å². The molecule has 0 aromatic carbocycles. The molecule has 0 amide bonds. The van der Waals surface area contributed by atoms with Crippen LogP contribution in [0.4, 0.5) is 0 Å². The van der Waals surface area contributed by atoms with Crippen LogP contribution in [0, 0.1) is 5.92 Å². The van der Waals surface area contributed by atoms with Gasteiger partial charge in [-0.3, -0.25) is 0 Å². The summed E-state index contributed by atoms with van der Waals surface area (Å²) in [6, 6.07) is 0. The third-order valence-corrected chi connectivity index (χ3v) is 5.79. The fourth-order valence-corrected chi connectivity index (χ4v) is 3.90. The highest BCUT2D eigenvalue weighted by Crippen LogP contribution is 2.34. The number of allylic oxidation sites excluding steroid dienone is 2. The molecular formula is C21H28O9. The number of aliphatic hydroxyl groups excluding tert-OH is 4. The first-order valence-corrected chi connectivity index (χ1v) is 10.0. The molecule has 9 nitrogen and oxygen atoms in total. The third kappa shape index (κ3) is 4.65. The van der Waals surface area contributed by atoms with E-state index in [0.29, 0.717) is 36.8 Å². The third-order valence-electron chi connectivity index (χ3n) is 5.79. The van der Waals surface area contributed by atoms with Crippen LogP contribution in [0.15, 0.2) is 35.5 Å². The van der Waals surface area contributed by atoms with Crippen LogP contribution in [0.5, 0.6) is 0 Å². The van der Waals surface area contributed by atoms with Gasteiger partial charge >= 0.3 is 11.9 Å². The summed E-state index contributed by atoms with van der Waals surface area (Å²) in [4.78, 5) is 24.7. The summed E-state index contributed by atoms with van der Waals surface area (Å²) in [7, 11) is 0. The molecule has 4 N–H and O–H groups in total. The van der Waals surface area contributed by atoms with Crippen molar-refractivity contribution in [2.24, 2.45) is 5.92 Å². The van der Waals surface area contributed by atoms with Crippen molar-refractivity contribution in [1.29, 1.82) is 0 Å². The van der Waals surface area contributed by atoms with Gasteiger partial charge in [-0.2, -0.15) is 0 Å². The summed E-state index contributed by atoms with van der Waals surface area (Å²) < 4.78 is 15.9. The largest absolute Gasteiger partial charge is 0.454 e. The lowest BCUT2D eigenvalue weighted by molar-refractivity contribution is -0.291. The highest BCUT2D eigenvalue weighted by atomic mass is 16.7. The van der Waals surface area contributed by atoms with Crippen LogP contribution in [0.3, 0.4) is 0 Å². The molecule has 0 saturated carbocycles. The summed E-state index contributed by atoms with van der Waals surface area (Å²) in [5, 5.41) is 39.1. The normalized spacial score (nSPS) is 41.0. The smallest absolute Gasteiger partial charge is 0.336 e. The second kappa shape index (κ2) is 9.40. The number of ether oxygens (including phenoxy) is 3. The fraction of sp³-hybridized carbons (Fsp3) is 0.619. The van der Waals surface area contributed by atoms with Crippen molar-refractivity contribution in [3.63, 3.8) is 0 Å². The van der Waals surface area contributed by atoms with Gasteiger partial charge in [0, 0.05) is 17.1 Å². The summed E-state index contributed by atoms with van der Waals surface area (Å²) in [5.74, 6) is -1.44. The average molecular weight is 424 g/mol. The lowest BCUT2D eigenvalue weighted by Gasteiger charge is -2.39. The molecule has 2 fully saturated rings. The fourth-order valence-electron chi connectivity index (χ4n) is 3.90. The van der Waals surface area contributed by atoms with Gasteiger partial charge in [-0.1, -0.05) is 18.2 Å². The van der Waals surface area contributed by atoms with Gasteiger partial charge in [0.05, 0.1) is 6.61 Å². The van der Waals surface area contributed by atoms with E-state index in [-0.39, 0.29) is 5.92 Å². The monoisotopic (exact) mass is 424 g/mol. The maximum Gasteiger partial charge on any atom is 0.336 e. The first-order valence-electron chi connectivity index (χ1n) is 10.0. The second-order valence-corrected chi connectivity index (χ2v) is 7.92. The molecular weight excluding hydrogens is 396 g/mol. The van der Waals surface area contributed by atoms with Crippen molar-refractivity contribution >= 4 is 11.9 Å². The van der Waals surface area contributed by atoms with Crippen LogP contribution in [0.1, 0.15) is 32.6 Å². The predicted molar refractivity (Wildman–Crippen MR) is 103 cm³/mol. The van der Waals surface area contributed by atoms with E-state index in [9.17, 15) is 30.0 Å². The van der Waals surface area contributed by atoms with Crippen LogP contribution < -0.4 is 0 Å². The SMILES string of the molecule is C=C1C(=O)O[C@@H]2/C=C(/C)CC/C=C(/C(=O)O[C@@H]3O[C@H](CO)[C@@H](O)[C@H](O)[C@H]3O)CC[C@@H]12. The molecule has 2 heterocycles. The standard InChI is InChI=1S/C21H28O9/c1-10-4-3-5-12(6-7-13-11(2)19(26)28-14(13)8-10)20(27)30-21-18(25)17(24)16(23)15(9-22)29-21/h5,8,13-18,21-25H,2-4,6-7,9H2,1H3/b10-8-,12-5+/t13-,14+,15+,16+,17-,18+,21-/m0/s1. The van der Waals surface area contributed by atoms with E-state index in [2.05, 4.69) is 6.58 Å². The van der Waals surface area contributed by atoms with E-state index in [1.807, 2.05) is 13.0 Å². The van der Waals surface area contributed by atoms with Crippen LogP contribution >= 0.6 is 0 Å². The minimum absolute atomic E-state index is 0.256. The van der Waals surface area contributed by atoms with Crippen molar-refractivity contribution in [2.75, 3.05) is 6.61 Å². The minimum Gasteiger partial charge on any atom is -0.454 e. The first kappa shape index (κ1) is 22.6. The van der Waals surface area contributed by atoms with Crippen LogP contribution in [-0.2, 0) is 23.8 Å². The zero-order valence-electron chi connectivity index (χ0n) is 16.8. The molecule has 0 aromatic heterocycles. The Bertz CT molecular complexity index is 754. The van der Waals surface area contributed by atoms with Crippen LogP contribution in [-0.4, -0.2) is 75.8 Å². The molecule has 166 valence electrons. The maximum atomic E-state index is 12.8. The van der Waals surface area contributed by atoms with Crippen molar-refractivity contribution in [2.45, 2.75) is 69.4 Å². The van der Waals surface area contributed by atoms with Crippen LogP contribution in [0.25, 0.3) is 0 Å². The molecule has 2 aliphatic heterocycles. The Balaban J connectivity index is 1.72. The summed E-state index contributed by atoms with van der Waals surface area (Å²) in [6.07, 6.45) is -2.34. The Morgan fingerprint density at radius 1 is 1.23 bits per heavy atom. The molecule has 0 unspecified atom stereocenters. The maximum absolute atomic E-state index is 12.8. The van der Waals surface area contributed by atoms with Crippen molar-refractivity contribution in [1.82, 2.24) is 0 Å². The lowest BCUT2D eigenvalue weighted by Crippen LogP contribution is -2.59. The Morgan fingerprint density at radius 2 is 1.97 bits per heavy atom. The highest BCUT2D eigenvalue weighted by molar-refractivity contribution is 5.91. The second-order valence-electron chi connectivity index (χ2n) is 7.92. The zero-order valence-corrected chi connectivity index (χ0v) is 16.8. The molecule has 3 rings (SSSR count). The lowest BCUT2D eigenvalue weighted by atomic mass is 9.88. The van der Waals surface area contributed by atoms with Crippen molar-refractivity contribution in [3.05, 3.63) is 35.5 Å². The molecule has 0 aromatic rings. The van der Waals surface area contributed by atoms with Gasteiger partial charge in [-0.15, -0.1) is 0 Å². The van der Waals surface area contributed by atoms with Gasteiger partial charge in [0.25, 0.3) is 0 Å². The Morgan fingerprint density at radius 3 is 2.67 bits per heavy atom. The molecule has 7 atom stereocenters. The number of carbonyl (C=O) groups excluding carboxylic acids is 2. The van der Waals surface area contributed by atoms with E-state index >= 15 is 0 Å². The van der Waals surface area contributed by atoms with E-state index in [1.54, 1.807) is 6.08 Å². The highest BCUT2D eigenvalue weighted by Gasteiger charge is 2.45. The number of carbonyl (C=O) groups is 2. The van der Waals surface area contributed by atoms with Crippen molar-refractivity contribution < 1.29 is 44.2 Å². The van der Waals surface area contributed by atoms with E-state index in [4.69, 9.17) is 14.2 Å². The van der Waals surface area contributed by atoms with Gasteiger partial charge in [-0.25, -0.2) is 9.59 Å². The molecule has 30 heavy (non-hydrogen) atoms. The van der Waals surface area contributed by atoms with E-state index in [0.717, 1.165) is 5.57 Å². The molecule has 9 heteroatoms. The Labute approximate surface area is 174 Å². The minimum atomic E-state index is -1.66. The zero-order chi connectivity index (χ0) is 22.0. The number of esters is 2. The Kier molecular flexibility index (Phi) is 7.10. The Hall–Kier alpha value is -2.04. The van der Waals surface area contributed by atoms with Gasteiger partial charge in [-0.05, 0) is 38.7 Å². The first-order chi connectivity index (χ1) is 14.2. The number of fused-ring (bicyclic) bond motifs is 1. The molecule has 1 aliphatic carbocycles. The number of aliphatic hydroxyl groups is 4. The number of hydrogen-bond acceptors (Lipinski definition) is 9. The van der Waals surface area contributed by atoms with E-state index in [1.165, 1.54) is 0 Å². The topological polar surface area (TPSA) is 143 Å². The average Bonchev–Trinajstić information content (AvgIpc) is 2.97. The number of rotatable bonds is 3. The number of hydrogen-bond donors (Lipinski definition) is 4. The van der Waals surface area contributed by atoms with E-state index < -0.39 is 55.4 Å². The van der Waals surface area contributed by atoms with Crippen molar-refractivity contribution in [3.8, 4) is 0 Å². The predicted octanol–water partition coefficient (Wildman–Crippen LogP) is -0.126. The van der Waals surface area contributed by atoms with Gasteiger partial charge in [0.1, 0.15) is 30.5 Å². The molecule has 0 spiro atoms. The summed E-state index contributed by atoms with van der Waals surface area (Å²) in [5.41, 5.74) is 1.73. The molecule has 2 saturated heterocycles. The van der Waals surface area contributed by atoms with Gasteiger partial charge in [0.15, 0.2) is 0 Å². The molecule has 3 aliphatic rings. The molecule has 0 radical (unpaired) electrons.